The SMILES string of the molecule is CN(C)c1ccc(C=C2C(=O)OCCOCCOC(=O)c3cccc(n3)C(=O)OCCOCCOC2=O)cc1. The van der Waals surface area contributed by atoms with Gasteiger partial charge in [-0.1, -0.05) is 18.2 Å². The molecule has 1 aromatic heterocycles. The molecule has 12 heteroatoms. The van der Waals surface area contributed by atoms with Crippen LogP contribution in [0.2, 0.25) is 0 Å². The zero-order valence-electron chi connectivity index (χ0n) is 21.8. The minimum Gasteiger partial charge on any atom is -0.459 e. The predicted octanol–water partition coefficient (Wildman–Crippen LogP) is 1.68. The van der Waals surface area contributed by atoms with Crippen LogP contribution >= 0.6 is 0 Å². The van der Waals surface area contributed by atoms with E-state index in [1.807, 2.05) is 31.1 Å². The second-order valence-corrected chi connectivity index (χ2v) is 8.22. The quantitative estimate of drug-likeness (QED) is 0.236. The van der Waals surface area contributed by atoms with Crippen LogP contribution in [-0.2, 0) is 38.0 Å². The van der Waals surface area contributed by atoms with Crippen LogP contribution in [0.4, 0.5) is 5.69 Å². The maximum atomic E-state index is 12.7. The average Bonchev–Trinajstić information content (AvgIpc) is 2.94. The third-order valence-electron chi connectivity index (χ3n) is 5.17. The number of cyclic esters (lactones) is 4. The van der Waals surface area contributed by atoms with E-state index in [1.54, 1.807) is 12.1 Å². The molecular weight excluding hydrogens is 512 g/mol. The molecule has 39 heavy (non-hydrogen) atoms. The van der Waals surface area contributed by atoms with Gasteiger partial charge in [0.05, 0.1) is 26.4 Å². The molecule has 0 spiro atoms. The minimum atomic E-state index is -0.882. The second kappa shape index (κ2) is 15.2. The minimum absolute atomic E-state index is 0.00341. The fourth-order valence-corrected chi connectivity index (χ4v) is 3.18. The molecule has 2 heterocycles. The van der Waals surface area contributed by atoms with Gasteiger partial charge in [-0.25, -0.2) is 24.2 Å². The molecule has 2 bridgehead atoms. The summed E-state index contributed by atoms with van der Waals surface area (Å²) in [6.45, 7) is -0.450. The molecule has 2 aromatic rings. The largest absolute Gasteiger partial charge is 0.459 e. The van der Waals surface area contributed by atoms with Gasteiger partial charge in [0.2, 0.25) is 0 Å². The summed E-state index contributed by atoms with van der Waals surface area (Å²) in [5.74, 6) is -3.24. The maximum Gasteiger partial charge on any atom is 0.357 e. The fraction of sp³-hybridized carbons (Fsp3) is 0.370. The Morgan fingerprint density at radius 1 is 0.615 bits per heavy atom. The molecule has 208 valence electrons. The molecule has 0 aliphatic carbocycles. The van der Waals surface area contributed by atoms with Crippen LogP contribution in [0.5, 0.6) is 0 Å². The van der Waals surface area contributed by atoms with Gasteiger partial charge < -0.3 is 33.3 Å². The molecule has 0 unspecified atom stereocenters. The van der Waals surface area contributed by atoms with E-state index in [-0.39, 0.29) is 69.8 Å². The van der Waals surface area contributed by atoms with E-state index in [0.717, 1.165) is 5.69 Å². The molecule has 0 atom stereocenters. The highest BCUT2D eigenvalue weighted by Gasteiger charge is 2.22. The first-order chi connectivity index (χ1) is 18.8. The first kappa shape index (κ1) is 29.3. The third kappa shape index (κ3) is 9.51. The Morgan fingerprint density at radius 2 is 1.05 bits per heavy atom. The van der Waals surface area contributed by atoms with Gasteiger partial charge in [-0.15, -0.1) is 0 Å². The Bertz CT molecular complexity index is 1120. The van der Waals surface area contributed by atoms with Gasteiger partial charge in [0.25, 0.3) is 0 Å². The van der Waals surface area contributed by atoms with E-state index in [0.29, 0.717) is 5.56 Å². The van der Waals surface area contributed by atoms with Gasteiger partial charge in [0, 0.05) is 19.8 Å². The highest BCUT2D eigenvalue weighted by Crippen LogP contribution is 2.16. The topological polar surface area (TPSA) is 140 Å². The van der Waals surface area contributed by atoms with Gasteiger partial charge in [0.15, 0.2) is 0 Å². The highest BCUT2D eigenvalue weighted by atomic mass is 16.6. The van der Waals surface area contributed by atoms with E-state index < -0.39 is 23.9 Å². The van der Waals surface area contributed by atoms with Crippen LogP contribution in [0.25, 0.3) is 6.08 Å². The number of benzene rings is 1. The standard InChI is InChI=1S/C27H30N2O10/c1-29(2)20-8-6-19(7-9-20)18-21-24(30)36-14-10-34-12-16-38-26(32)22-4-3-5-23(28-22)27(33)39-17-13-35-11-15-37-25(21)31/h3-9,18H,10-17H2,1-2H3. The lowest BCUT2D eigenvalue weighted by Crippen LogP contribution is -2.22. The smallest absolute Gasteiger partial charge is 0.357 e. The number of ether oxygens (including phenoxy) is 6. The summed E-state index contributed by atoms with van der Waals surface area (Å²) in [4.78, 5) is 55.7. The van der Waals surface area contributed by atoms with Crippen molar-refractivity contribution in [1.82, 2.24) is 4.98 Å². The van der Waals surface area contributed by atoms with Crippen LogP contribution in [-0.4, -0.2) is 95.8 Å². The van der Waals surface area contributed by atoms with E-state index in [1.165, 1.54) is 24.3 Å². The van der Waals surface area contributed by atoms with Crippen molar-refractivity contribution in [2.75, 3.05) is 71.9 Å². The van der Waals surface area contributed by atoms with Crippen LogP contribution in [0.15, 0.2) is 48.0 Å². The van der Waals surface area contributed by atoms with E-state index in [9.17, 15) is 19.2 Å². The van der Waals surface area contributed by atoms with Crippen LogP contribution in [0.3, 0.4) is 0 Å². The molecule has 0 amide bonds. The Morgan fingerprint density at radius 3 is 1.49 bits per heavy atom. The zero-order chi connectivity index (χ0) is 28.0. The van der Waals surface area contributed by atoms with Crippen molar-refractivity contribution in [3.05, 3.63) is 65.0 Å². The molecular formula is C27H30N2O10. The first-order valence-corrected chi connectivity index (χ1v) is 12.2. The summed E-state index contributed by atoms with van der Waals surface area (Å²) in [6.07, 6.45) is 1.38. The van der Waals surface area contributed by atoms with Crippen molar-refractivity contribution in [3.8, 4) is 0 Å². The molecule has 0 saturated carbocycles. The number of hydrogen-bond acceptors (Lipinski definition) is 12. The molecule has 1 aliphatic heterocycles. The molecule has 0 N–H and O–H groups in total. The van der Waals surface area contributed by atoms with Crippen LogP contribution in [0.1, 0.15) is 26.5 Å². The average molecular weight is 543 g/mol. The predicted molar refractivity (Wildman–Crippen MR) is 137 cm³/mol. The number of pyridine rings is 1. The van der Waals surface area contributed by atoms with E-state index in [4.69, 9.17) is 28.4 Å². The second-order valence-electron chi connectivity index (χ2n) is 8.22. The fourth-order valence-electron chi connectivity index (χ4n) is 3.18. The molecule has 0 saturated heterocycles. The van der Waals surface area contributed by atoms with Crippen molar-refractivity contribution in [2.45, 2.75) is 0 Å². The third-order valence-corrected chi connectivity index (χ3v) is 5.17. The molecule has 1 aromatic carbocycles. The van der Waals surface area contributed by atoms with Crippen molar-refractivity contribution in [2.24, 2.45) is 0 Å². The van der Waals surface area contributed by atoms with Gasteiger partial charge >= 0.3 is 23.9 Å². The summed E-state index contributed by atoms with van der Waals surface area (Å²) in [7, 11) is 3.79. The van der Waals surface area contributed by atoms with Crippen molar-refractivity contribution < 1.29 is 47.6 Å². The van der Waals surface area contributed by atoms with Crippen LogP contribution < -0.4 is 4.90 Å². The maximum absolute atomic E-state index is 12.7. The number of anilines is 1. The Labute approximate surface area is 225 Å². The van der Waals surface area contributed by atoms with Gasteiger partial charge in [-0.05, 0) is 35.9 Å². The van der Waals surface area contributed by atoms with Crippen LogP contribution in [0, 0.1) is 0 Å². The van der Waals surface area contributed by atoms with Crippen molar-refractivity contribution >= 4 is 35.6 Å². The number of carbonyl (C=O) groups is 4. The number of esters is 4. The zero-order valence-corrected chi connectivity index (χ0v) is 21.8. The molecule has 12 nitrogen and oxygen atoms in total. The number of nitrogens with zero attached hydrogens (tertiary/aromatic N) is 2. The Kier molecular flexibility index (Phi) is 11.4. The van der Waals surface area contributed by atoms with Crippen molar-refractivity contribution in [3.63, 3.8) is 0 Å². The lowest BCUT2D eigenvalue weighted by molar-refractivity contribution is -0.148. The summed E-state index contributed by atoms with van der Waals surface area (Å²) in [5.41, 5.74) is 1.12. The molecule has 1 aliphatic rings. The summed E-state index contributed by atoms with van der Waals surface area (Å²) in [6, 6.07) is 11.5. The lowest BCUT2D eigenvalue weighted by Gasteiger charge is -2.13. The van der Waals surface area contributed by atoms with Gasteiger partial charge in [0.1, 0.15) is 43.4 Å². The normalized spacial score (nSPS) is 16.9. The lowest BCUT2D eigenvalue weighted by atomic mass is 10.1. The number of rotatable bonds is 2. The Balaban J connectivity index is 1.66. The summed E-state index contributed by atoms with van der Waals surface area (Å²) in [5, 5.41) is 0. The number of hydrogen-bond donors (Lipinski definition) is 0. The monoisotopic (exact) mass is 542 g/mol. The summed E-state index contributed by atoms with van der Waals surface area (Å²) < 4.78 is 31.2. The molecule has 0 radical (unpaired) electrons. The van der Waals surface area contributed by atoms with Crippen molar-refractivity contribution in [1.29, 1.82) is 0 Å². The number of fused-ring (bicyclic) bond motifs is 2. The number of carbonyl (C=O) groups excluding carboxylic acids is 4. The molecule has 3 rings (SSSR count). The van der Waals surface area contributed by atoms with E-state index in [2.05, 4.69) is 4.98 Å². The van der Waals surface area contributed by atoms with Gasteiger partial charge in [-0.2, -0.15) is 0 Å². The van der Waals surface area contributed by atoms with E-state index >= 15 is 0 Å². The number of aromatic nitrogens is 1. The first-order valence-electron chi connectivity index (χ1n) is 12.2. The highest BCUT2D eigenvalue weighted by molar-refractivity contribution is 6.17. The summed E-state index contributed by atoms with van der Waals surface area (Å²) >= 11 is 0. The molecule has 0 fully saturated rings. The van der Waals surface area contributed by atoms with Gasteiger partial charge in [-0.3, -0.25) is 0 Å². The Hall–Kier alpha value is -4.29.